The highest BCUT2D eigenvalue weighted by atomic mass is 16.5. The molecule has 5 heteroatoms. The number of hydrogen-bond donors (Lipinski definition) is 2. The van der Waals surface area contributed by atoms with Gasteiger partial charge in [0.1, 0.15) is 11.5 Å². The van der Waals surface area contributed by atoms with Crippen LogP contribution in [-0.2, 0) is 0 Å². The van der Waals surface area contributed by atoms with Gasteiger partial charge in [0.15, 0.2) is 0 Å². The lowest BCUT2D eigenvalue weighted by atomic mass is 10.0. The molecule has 0 saturated heterocycles. The molecule has 0 atom stereocenters. The fourth-order valence-electron chi connectivity index (χ4n) is 3.20. The maximum Gasteiger partial charge on any atom is 0.275 e. The van der Waals surface area contributed by atoms with Gasteiger partial charge in [0, 0.05) is 5.56 Å². The monoisotopic (exact) mass is 370 g/mol. The molecule has 4 aromatic rings. The third-order valence-corrected chi connectivity index (χ3v) is 4.62. The van der Waals surface area contributed by atoms with Gasteiger partial charge in [0.25, 0.3) is 5.91 Å². The van der Waals surface area contributed by atoms with Crippen molar-refractivity contribution in [3.05, 3.63) is 83.9 Å². The summed E-state index contributed by atoms with van der Waals surface area (Å²) < 4.78 is 5.36. The minimum absolute atomic E-state index is 0.0972. The van der Waals surface area contributed by atoms with Crippen LogP contribution in [0.2, 0.25) is 0 Å². The summed E-state index contributed by atoms with van der Waals surface area (Å²) in [5, 5.41) is 18.0. The van der Waals surface area contributed by atoms with Gasteiger partial charge in [-0.1, -0.05) is 54.6 Å². The predicted octanol–water partition coefficient (Wildman–Crippen LogP) is 4.47. The van der Waals surface area contributed by atoms with Gasteiger partial charge >= 0.3 is 0 Å². The molecule has 0 spiro atoms. The number of nitrogens with one attached hydrogen (secondary N) is 1. The number of rotatable bonds is 4. The van der Waals surface area contributed by atoms with Gasteiger partial charge in [-0.2, -0.15) is 5.10 Å². The number of nitrogens with zero attached hydrogens (tertiary/aromatic N) is 1. The van der Waals surface area contributed by atoms with Gasteiger partial charge in [-0.25, -0.2) is 5.43 Å². The molecule has 0 saturated carbocycles. The number of aromatic hydroxyl groups is 1. The highest BCUT2D eigenvalue weighted by Crippen LogP contribution is 2.27. The van der Waals surface area contributed by atoms with E-state index >= 15 is 0 Å². The quantitative estimate of drug-likeness (QED) is 0.411. The molecule has 0 aromatic heterocycles. The van der Waals surface area contributed by atoms with Crippen molar-refractivity contribution < 1.29 is 14.6 Å². The third-order valence-electron chi connectivity index (χ3n) is 4.62. The smallest absolute Gasteiger partial charge is 0.275 e. The lowest BCUT2D eigenvalue weighted by molar-refractivity contribution is 0.0952. The van der Waals surface area contributed by atoms with Crippen molar-refractivity contribution in [2.75, 3.05) is 7.11 Å². The summed E-state index contributed by atoms with van der Waals surface area (Å²) >= 11 is 0. The summed E-state index contributed by atoms with van der Waals surface area (Å²) in [7, 11) is 1.53. The molecule has 0 bridgehead atoms. The molecule has 1 amide bonds. The molecule has 4 aromatic carbocycles. The van der Waals surface area contributed by atoms with Crippen LogP contribution < -0.4 is 10.2 Å². The number of phenols is 1. The first-order valence-electron chi connectivity index (χ1n) is 8.78. The van der Waals surface area contributed by atoms with E-state index in [4.69, 9.17) is 4.74 Å². The largest absolute Gasteiger partial charge is 0.507 e. The van der Waals surface area contributed by atoms with E-state index in [0.29, 0.717) is 16.9 Å². The summed E-state index contributed by atoms with van der Waals surface area (Å²) in [6.45, 7) is 0. The molecule has 2 N–H and O–H groups in total. The SMILES string of the molecule is COc1cc2ccccc2cc1C(=O)NN=Cc1c(O)ccc2ccccc12. The molecule has 0 aliphatic rings. The summed E-state index contributed by atoms with van der Waals surface area (Å²) in [5.41, 5.74) is 3.45. The first-order valence-corrected chi connectivity index (χ1v) is 8.78. The normalized spacial score (nSPS) is 11.2. The van der Waals surface area contributed by atoms with Crippen LogP contribution in [0.15, 0.2) is 77.9 Å². The van der Waals surface area contributed by atoms with Gasteiger partial charge in [-0.3, -0.25) is 4.79 Å². The van der Waals surface area contributed by atoms with E-state index in [1.807, 2.05) is 60.7 Å². The van der Waals surface area contributed by atoms with Crippen LogP contribution in [0, 0.1) is 0 Å². The second-order valence-corrected chi connectivity index (χ2v) is 6.32. The Morgan fingerprint density at radius 2 is 1.64 bits per heavy atom. The zero-order valence-corrected chi connectivity index (χ0v) is 15.2. The van der Waals surface area contributed by atoms with Crippen molar-refractivity contribution in [3.63, 3.8) is 0 Å². The van der Waals surface area contributed by atoms with E-state index in [1.54, 1.807) is 12.1 Å². The molecular formula is C23H18N2O3. The van der Waals surface area contributed by atoms with Crippen LogP contribution in [0.1, 0.15) is 15.9 Å². The van der Waals surface area contributed by atoms with Crippen LogP contribution in [-0.4, -0.2) is 24.3 Å². The highest BCUT2D eigenvalue weighted by molar-refractivity contribution is 6.04. The molecular weight excluding hydrogens is 352 g/mol. The van der Waals surface area contributed by atoms with Gasteiger partial charge in [0.05, 0.1) is 18.9 Å². The average Bonchev–Trinajstić information content (AvgIpc) is 2.74. The molecule has 0 fully saturated rings. The first-order chi connectivity index (χ1) is 13.7. The fraction of sp³-hybridized carbons (Fsp3) is 0.0435. The Morgan fingerprint density at radius 3 is 2.39 bits per heavy atom. The van der Waals surface area contributed by atoms with E-state index in [1.165, 1.54) is 13.3 Å². The van der Waals surface area contributed by atoms with E-state index in [-0.39, 0.29) is 5.75 Å². The number of fused-ring (bicyclic) bond motifs is 2. The van der Waals surface area contributed by atoms with Crippen LogP contribution >= 0.6 is 0 Å². The van der Waals surface area contributed by atoms with E-state index < -0.39 is 5.91 Å². The molecule has 138 valence electrons. The zero-order chi connectivity index (χ0) is 19.5. The maximum absolute atomic E-state index is 12.6. The van der Waals surface area contributed by atoms with Crippen molar-refractivity contribution in [3.8, 4) is 11.5 Å². The Kier molecular flexibility index (Phi) is 4.64. The van der Waals surface area contributed by atoms with Gasteiger partial charge in [0.2, 0.25) is 0 Å². The second kappa shape index (κ2) is 7.40. The van der Waals surface area contributed by atoms with Crippen molar-refractivity contribution >= 4 is 33.7 Å². The number of phenolic OH excluding ortho intramolecular Hbond substituents is 1. The molecule has 5 nitrogen and oxygen atoms in total. The Morgan fingerprint density at radius 1 is 0.964 bits per heavy atom. The van der Waals surface area contributed by atoms with Crippen molar-refractivity contribution in [2.45, 2.75) is 0 Å². The molecule has 28 heavy (non-hydrogen) atoms. The summed E-state index contributed by atoms with van der Waals surface area (Å²) in [5.74, 6) is 0.179. The van der Waals surface area contributed by atoms with E-state index in [0.717, 1.165) is 21.5 Å². The average molecular weight is 370 g/mol. The van der Waals surface area contributed by atoms with Gasteiger partial charge in [-0.15, -0.1) is 0 Å². The van der Waals surface area contributed by atoms with Crippen LogP contribution in [0.5, 0.6) is 11.5 Å². The molecule has 4 rings (SSSR count). The minimum atomic E-state index is -0.390. The van der Waals surface area contributed by atoms with Crippen molar-refractivity contribution in [1.29, 1.82) is 0 Å². The van der Waals surface area contributed by atoms with E-state index in [9.17, 15) is 9.90 Å². The van der Waals surface area contributed by atoms with E-state index in [2.05, 4.69) is 10.5 Å². The van der Waals surface area contributed by atoms with Crippen molar-refractivity contribution in [2.24, 2.45) is 5.10 Å². The number of carbonyl (C=O) groups excluding carboxylic acids is 1. The molecule has 0 aliphatic carbocycles. The Labute approximate surface area is 161 Å². The topological polar surface area (TPSA) is 70.9 Å². The van der Waals surface area contributed by atoms with Gasteiger partial charge in [-0.05, 0) is 39.7 Å². The third kappa shape index (κ3) is 3.25. The minimum Gasteiger partial charge on any atom is -0.507 e. The summed E-state index contributed by atoms with van der Waals surface area (Å²) in [6, 6.07) is 22.4. The van der Waals surface area contributed by atoms with Crippen LogP contribution in [0.4, 0.5) is 0 Å². The number of benzene rings is 4. The lowest BCUT2D eigenvalue weighted by Crippen LogP contribution is -2.18. The van der Waals surface area contributed by atoms with Gasteiger partial charge < -0.3 is 9.84 Å². The number of ether oxygens (including phenoxy) is 1. The maximum atomic E-state index is 12.6. The number of amides is 1. The standard InChI is InChI=1S/C23H18N2O3/c1-28-22-13-17-8-3-2-7-16(17)12-19(22)23(27)25-24-14-20-18-9-5-4-6-15(18)10-11-21(20)26/h2-14,26H,1H3,(H,25,27). The number of hydrogen-bond acceptors (Lipinski definition) is 4. The summed E-state index contributed by atoms with van der Waals surface area (Å²) in [6.07, 6.45) is 1.45. The second-order valence-electron chi connectivity index (χ2n) is 6.32. The first kappa shape index (κ1) is 17.5. The van der Waals surface area contributed by atoms with Crippen LogP contribution in [0.3, 0.4) is 0 Å². The van der Waals surface area contributed by atoms with Crippen LogP contribution in [0.25, 0.3) is 21.5 Å². The molecule has 0 aliphatic heterocycles. The Hall–Kier alpha value is -3.86. The van der Waals surface area contributed by atoms with Crippen molar-refractivity contribution in [1.82, 2.24) is 5.43 Å². The number of hydrazone groups is 1. The lowest BCUT2D eigenvalue weighted by Gasteiger charge is -2.09. The fourth-order valence-corrected chi connectivity index (χ4v) is 3.20. The number of carbonyl (C=O) groups is 1. The molecule has 0 unspecified atom stereocenters. The number of methoxy groups -OCH3 is 1. The summed E-state index contributed by atoms with van der Waals surface area (Å²) in [4.78, 5) is 12.6. The predicted molar refractivity (Wildman–Crippen MR) is 111 cm³/mol. The molecule has 0 radical (unpaired) electrons. The Bertz CT molecular complexity index is 1220. The zero-order valence-electron chi connectivity index (χ0n) is 15.2. The Balaban J connectivity index is 1.63. The molecule has 0 heterocycles. The highest BCUT2D eigenvalue weighted by Gasteiger charge is 2.13.